The van der Waals surface area contributed by atoms with E-state index in [0.717, 1.165) is 30.2 Å². The van der Waals surface area contributed by atoms with Crippen LogP contribution in [-0.4, -0.2) is 71.6 Å². The van der Waals surface area contributed by atoms with Crippen molar-refractivity contribution in [2.24, 2.45) is 17.8 Å². The summed E-state index contributed by atoms with van der Waals surface area (Å²) in [7, 11) is 1.58. The van der Waals surface area contributed by atoms with Gasteiger partial charge >= 0.3 is 0 Å². The number of amides is 3. The first-order valence-electron chi connectivity index (χ1n) is 12.5. The van der Waals surface area contributed by atoms with Gasteiger partial charge in [-0.1, -0.05) is 12.5 Å². The minimum atomic E-state index is -0.862. The maximum atomic E-state index is 13.7. The highest BCUT2D eigenvalue weighted by Crippen LogP contribution is 2.43. The molecule has 0 bridgehead atoms. The summed E-state index contributed by atoms with van der Waals surface area (Å²) in [5.41, 5.74) is 1.17. The molecular weight excluding hydrogens is 484 g/mol. The third-order valence-corrected chi connectivity index (χ3v) is 8.28. The van der Waals surface area contributed by atoms with Crippen LogP contribution in [0.25, 0.3) is 10.9 Å². The van der Waals surface area contributed by atoms with Gasteiger partial charge in [0.05, 0.1) is 19.0 Å². The fraction of sp³-hybridized carbons (Fsp3) is 0.538. The fourth-order valence-corrected chi connectivity index (χ4v) is 6.39. The molecule has 3 fully saturated rings. The molecule has 3 aliphatic rings. The van der Waals surface area contributed by atoms with Gasteiger partial charge in [-0.2, -0.15) is 0 Å². The van der Waals surface area contributed by atoms with Gasteiger partial charge in [0, 0.05) is 29.9 Å². The number of ketones is 1. The minimum Gasteiger partial charge on any atom is -0.496 e. The maximum absolute atomic E-state index is 13.7. The summed E-state index contributed by atoms with van der Waals surface area (Å²) in [5.74, 6) is -0.702. The molecule has 192 valence electrons. The Morgan fingerprint density at radius 1 is 1.25 bits per heavy atom. The van der Waals surface area contributed by atoms with Crippen LogP contribution in [0.4, 0.5) is 0 Å². The van der Waals surface area contributed by atoms with E-state index in [4.69, 9.17) is 16.3 Å². The zero-order chi connectivity index (χ0) is 25.4. The van der Waals surface area contributed by atoms with Crippen molar-refractivity contribution in [2.45, 2.75) is 44.2 Å². The molecule has 2 aromatic rings. The van der Waals surface area contributed by atoms with Crippen LogP contribution in [0, 0.1) is 17.8 Å². The molecule has 1 aromatic heterocycles. The number of methoxy groups -OCH3 is 1. The number of aromatic amines is 1. The van der Waals surface area contributed by atoms with Crippen LogP contribution in [0.15, 0.2) is 24.3 Å². The highest BCUT2D eigenvalue weighted by Gasteiger charge is 2.50. The van der Waals surface area contributed by atoms with E-state index in [1.54, 1.807) is 18.1 Å². The molecule has 9 nitrogen and oxygen atoms in total. The molecule has 3 heterocycles. The van der Waals surface area contributed by atoms with Crippen LogP contribution in [0.2, 0.25) is 0 Å². The van der Waals surface area contributed by atoms with E-state index < -0.39 is 12.1 Å². The van der Waals surface area contributed by atoms with Gasteiger partial charge in [0.1, 0.15) is 17.5 Å². The first kappa shape index (κ1) is 24.6. The number of rotatable bonds is 8. The number of hydrogen-bond donors (Lipinski definition) is 3. The number of Topliss-reactive ketones (excluding diaryl/α,β-unsaturated/α-hetero) is 1. The predicted molar refractivity (Wildman–Crippen MR) is 134 cm³/mol. The van der Waals surface area contributed by atoms with Gasteiger partial charge in [-0.25, -0.2) is 0 Å². The van der Waals surface area contributed by atoms with E-state index in [0.29, 0.717) is 31.0 Å². The average Bonchev–Trinajstić information content (AvgIpc) is 3.66. The molecule has 5 atom stereocenters. The van der Waals surface area contributed by atoms with Crippen molar-refractivity contribution >= 4 is 46.0 Å². The summed E-state index contributed by atoms with van der Waals surface area (Å²) in [5, 5.41) is 6.44. The molecule has 0 radical (unpaired) electrons. The Hall–Kier alpha value is -3.07. The summed E-state index contributed by atoms with van der Waals surface area (Å²) < 4.78 is 5.42. The van der Waals surface area contributed by atoms with Gasteiger partial charge < -0.3 is 25.3 Å². The molecule has 3 N–H and O–H groups in total. The number of nitrogens with zero attached hydrogens (tertiary/aromatic N) is 1. The standard InChI is InChI=1S/C26H31ClN4O5/c1-36-22-7-3-6-18-17(22)11-20(29-18)26(35)31-13-15-4-2-5-16(15)23(31)25(34)30-19(21(32)12-27)10-14-8-9-28-24(14)33/h3,6-7,11,14-16,19,23,29H,2,4-5,8-10,12-13H2,1H3,(H,28,33)(H,30,34)/t14-,15-,16-,19-,23-/m0/s1. The summed E-state index contributed by atoms with van der Waals surface area (Å²) in [6.07, 6.45) is 3.65. The van der Waals surface area contributed by atoms with Gasteiger partial charge in [-0.15, -0.1) is 11.6 Å². The number of carbonyl (C=O) groups excluding carboxylic acids is 4. The predicted octanol–water partition coefficient (Wildman–Crippen LogP) is 2.24. The maximum Gasteiger partial charge on any atom is 0.271 e. The molecule has 2 saturated heterocycles. The van der Waals surface area contributed by atoms with Crippen LogP contribution in [0.5, 0.6) is 5.75 Å². The Balaban J connectivity index is 1.39. The molecule has 1 aromatic carbocycles. The molecule has 5 rings (SSSR count). The summed E-state index contributed by atoms with van der Waals surface area (Å²) in [6, 6.07) is 5.78. The number of halogens is 1. The molecule has 10 heteroatoms. The Kier molecular flexibility index (Phi) is 6.92. The van der Waals surface area contributed by atoms with Crippen molar-refractivity contribution in [1.82, 2.24) is 20.5 Å². The lowest BCUT2D eigenvalue weighted by atomic mass is 9.92. The Bertz CT molecular complexity index is 1200. The SMILES string of the molecule is COc1cccc2[nH]c(C(=O)N3C[C@@H]4CCC[C@@H]4[C@H]3C(=O)N[C@@H](C[C@@H]3CCNC3=O)C(=O)CCl)cc12. The largest absolute Gasteiger partial charge is 0.496 e. The fourth-order valence-electron chi connectivity index (χ4n) is 6.20. The van der Waals surface area contributed by atoms with E-state index in [2.05, 4.69) is 15.6 Å². The first-order valence-corrected chi connectivity index (χ1v) is 13.1. The van der Waals surface area contributed by atoms with Crippen LogP contribution < -0.4 is 15.4 Å². The third kappa shape index (κ3) is 4.45. The van der Waals surface area contributed by atoms with E-state index >= 15 is 0 Å². The highest BCUT2D eigenvalue weighted by molar-refractivity contribution is 6.28. The van der Waals surface area contributed by atoms with Crippen molar-refractivity contribution in [2.75, 3.05) is 26.1 Å². The van der Waals surface area contributed by atoms with Crippen LogP contribution in [0.3, 0.4) is 0 Å². The summed E-state index contributed by atoms with van der Waals surface area (Å²) >= 11 is 5.84. The third-order valence-electron chi connectivity index (χ3n) is 8.01. The van der Waals surface area contributed by atoms with Crippen LogP contribution >= 0.6 is 11.6 Å². The van der Waals surface area contributed by atoms with Crippen molar-refractivity contribution in [1.29, 1.82) is 0 Å². The monoisotopic (exact) mass is 514 g/mol. The number of likely N-dealkylation sites (tertiary alicyclic amines) is 1. The number of aromatic nitrogens is 1. The number of hydrogen-bond acceptors (Lipinski definition) is 5. The number of ether oxygens (including phenoxy) is 1. The van der Waals surface area contributed by atoms with Crippen LogP contribution in [-0.2, 0) is 14.4 Å². The average molecular weight is 515 g/mol. The van der Waals surface area contributed by atoms with Gasteiger partial charge in [0.2, 0.25) is 11.8 Å². The topological polar surface area (TPSA) is 121 Å². The second-order valence-electron chi connectivity index (χ2n) is 10.0. The minimum absolute atomic E-state index is 0.0365. The number of H-pyrrole nitrogens is 1. The number of benzene rings is 1. The second-order valence-corrected chi connectivity index (χ2v) is 10.3. The molecule has 3 amide bonds. The van der Waals surface area contributed by atoms with Gasteiger partial charge in [0.25, 0.3) is 5.91 Å². The number of fused-ring (bicyclic) bond motifs is 2. The second kappa shape index (κ2) is 10.1. The lowest BCUT2D eigenvalue weighted by Gasteiger charge is -2.29. The summed E-state index contributed by atoms with van der Waals surface area (Å²) in [4.78, 5) is 56.9. The quantitative estimate of drug-likeness (QED) is 0.466. The molecule has 1 saturated carbocycles. The van der Waals surface area contributed by atoms with Crippen LogP contribution in [0.1, 0.15) is 42.6 Å². The van der Waals surface area contributed by atoms with Crippen molar-refractivity contribution in [3.63, 3.8) is 0 Å². The first-order chi connectivity index (χ1) is 17.4. The summed E-state index contributed by atoms with van der Waals surface area (Å²) in [6.45, 7) is 1.05. The van der Waals surface area contributed by atoms with E-state index in [1.165, 1.54) is 0 Å². The molecule has 1 aliphatic carbocycles. The zero-order valence-electron chi connectivity index (χ0n) is 20.2. The van der Waals surface area contributed by atoms with E-state index in [-0.39, 0.29) is 53.6 Å². The van der Waals surface area contributed by atoms with Crippen molar-refractivity contribution < 1.29 is 23.9 Å². The lowest BCUT2D eigenvalue weighted by molar-refractivity contribution is -0.131. The Morgan fingerprint density at radius 3 is 2.81 bits per heavy atom. The molecular formula is C26H31ClN4O5. The van der Waals surface area contributed by atoms with E-state index in [1.807, 2.05) is 18.2 Å². The zero-order valence-corrected chi connectivity index (χ0v) is 21.0. The van der Waals surface area contributed by atoms with Crippen molar-refractivity contribution in [3.8, 4) is 5.75 Å². The number of carbonyl (C=O) groups is 4. The van der Waals surface area contributed by atoms with Crippen molar-refractivity contribution in [3.05, 3.63) is 30.0 Å². The van der Waals surface area contributed by atoms with Gasteiger partial charge in [0.15, 0.2) is 5.78 Å². The molecule has 2 aliphatic heterocycles. The highest BCUT2D eigenvalue weighted by atomic mass is 35.5. The van der Waals surface area contributed by atoms with E-state index in [9.17, 15) is 19.2 Å². The molecule has 0 spiro atoms. The smallest absolute Gasteiger partial charge is 0.271 e. The molecule has 36 heavy (non-hydrogen) atoms. The van der Waals surface area contributed by atoms with Gasteiger partial charge in [-0.3, -0.25) is 19.2 Å². The normalized spacial score (nSPS) is 26.1. The Morgan fingerprint density at radius 2 is 2.08 bits per heavy atom. The number of alkyl halides is 1. The number of nitrogens with one attached hydrogen (secondary N) is 3. The molecule has 0 unspecified atom stereocenters. The van der Waals surface area contributed by atoms with Gasteiger partial charge in [-0.05, 0) is 55.7 Å². The lowest BCUT2D eigenvalue weighted by Crippen LogP contribution is -2.53. The Labute approximate surface area is 214 Å².